The van der Waals surface area contributed by atoms with E-state index in [1.54, 1.807) is 0 Å². The highest BCUT2D eigenvalue weighted by atomic mass is 16.7. The first-order valence-electron chi connectivity index (χ1n) is 11.3. The number of aromatic hydroxyl groups is 3. The molecule has 0 radical (unpaired) electrons. The van der Waals surface area contributed by atoms with Crippen LogP contribution in [0, 0.1) is 0 Å². The largest absolute Gasteiger partial charge is 0.507 e. The van der Waals surface area contributed by atoms with Crippen molar-refractivity contribution in [1.82, 2.24) is 0 Å². The van der Waals surface area contributed by atoms with Crippen LogP contribution in [0.3, 0.4) is 0 Å². The van der Waals surface area contributed by atoms with Crippen LogP contribution in [-0.4, -0.2) is 93.1 Å². The summed E-state index contributed by atoms with van der Waals surface area (Å²) in [5, 5.41) is 71.6. The molecule has 0 amide bonds. The van der Waals surface area contributed by atoms with Gasteiger partial charge in [-0.15, -0.1) is 0 Å². The minimum Gasteiger partial charge on any atom is -0.507 e. The van der Waals surface area contributed by atoms with Crippen LogP contribution in [0.25, 0.3) is 22.3 Å². The van der Waals surface area contributed by atoms with E-state index in [-0.39, 0.29) is 50.9 Å². The van der Waals surface area contributed by atoms with E-state index in [0.29, 0.717) is 0 Å². The lowest BCUT2D eigenvalue weighted by molar-refractivity contribution is -0.277. The van der Waals surface area contributed by atoms with E-state index in [9.17, 15) is 40.5 Å². The number of carbonyl (C=O) groups is 1. The molecule has 0 aliphatic carbocycles. The number of phenolic OH excluding ortho intramolecular Hbond substituents is 3. The Morgan fingerprint density at radius 1 is 0.921 bits per heavy atom. The first-order valence-corrected chi connectivity index (χ1v) is 11.3. The maximum absolute atomic E-state index is 12.0. The number of aliphatic hydroxyl groups is 4. The lowest BCUT2D eigenvalue weighted by Gasteiger charge is -2.39. The minimum absolute atomic E-state index is 0.00828. The van der Waals surface area contributed by atoms with Crippen molar-refractivity contribution in [3.63, 3.8) is 0 Å². The van der Waals surface area contributed by atoms with Gasteiger partial charge in [-0.1, -0.05) is 0 Å². The van der Waals surface area contributed by atoms with E-state index in [1.165, 1.54) is 32.4 Å². The van der Waals surface area contributed by atoms with Crippen LogP contribution in [-0.2, 0) is 4.74 Å². The molecule has 1 saturated heterocycles. The molecule has 38 heavy (non-hydrogen) atoms. The zero-order chi connectivity index (χ0) is 27.9. The van der Waals surface area contributed by atoms with Gasteiger partial charge in [-0.2, -0.15) is 0 Å². The molecule has 2 heterocycles. The van der Waals surface area contributed by atoms with E-state index in [2.05, 4.69) is 0 Å². The molecule has 1 aliphatic rings. The Bertz CT molecular complexity index is 1340. The number of hydrogen-bond acceptors (Lipinski definition) is 12. The van der Waals surface area contributed by atoms with Gasteiger partial charge in [0.1, 0.15) is 46.9 Å². The monoisotopic (exact) mass is 535 g/mol. The number of benzene rings is 2. The van der Waals surface area contributed by atoms with Crippen molar-refractivity contribution in [2.75, 3.05) is 20.8 Å². The predicted octanol–water partition coefficient (Wildman–Crippen LogP) is 0.896. The third-order valence-corrected chi connectivity index (χ3v) is 6.18. The predicted molar refractivity (Wildman–Crippen MR) is 129 cm³/mol. The first-order chi connectivity index (χ1) is 18.0. The number of methoxy groups -OCH3 is 2. The number of hydrogen-bond donors (Lipinski definition) is 7. The second kappa shape index (κ2) is 10.5. The van der Waals surface area contributed by atoms with Crippen LogP contribution in [0.15, 0.2) is 28.7 Å². The molecule has 0 saturated carbocycles. The van der Waals surface area contributed by atoms with Crippen LogP contribution >= 0.6 is 0 Å². The molecule has 3 aromatic rings. The molecular formula is C25H27O13+. The third kappa shape index (κ3) is 4.61. The Balaban J connectivity index is 1.95. The van der Waals surface area contributed by atoms with Gasteiger partial charge in [0.15, 0.2) is 17.3 Å². The number of ketones is 1. The maximum atomic E-state index is 12.0. The smallest absolute Gasteiger partial charge is 0.402 e. The second-order valence-electron chi connectivity index (χ2n) is 8.57. The average molecular weight is 535 g/mol. The Hall–Kier alpha value is -3.88. The van der Waals surface area contributed by atoms with E-state index < -0.39 is 54.6 Å². The number of rotatable bonds is 7. The Labute approximate surface area is 215 Å². The van der Waals surface area contributed by atoms with E-state index >= 15 is 0 Å². The fourth-order valence-electron chi connectivity index (χ4n) is 4.18. The van der Waals surface area contributed by atoms with E-state index in [0.717, 1.165) is 13.0 Å². The minimum atomic E-state index is -1.78. The number of aliphatic hydroxyl groups excluding tert-OH is 4. The van der Waals surface area contributed by atoms with Gasteiger partial charge < -0.3 is 54.7 Å². The van der Waals surface area contributed by atoms with Crippen LogP contribution in [0.2, 0.25) is 0 Å². The van der Waals surface area contributed by atoms with Crippen molar-refractivity contribution in [2.45, 2.75) is 37.6 Å². The SMILES string of the molecule is COc1cc(-c2[o+]c3cc(O)c(C(C)=O)c(O)c3cc2O[C@H]2O[C@H](CO)[C@@H](O)[C@H](O)[C@H]2O)cc(OC)c1O. The summed E-state index contributed by atoms with van der Waals surface area (Å²) >= 11 is 0. The van der Waals surface area contributed by atoms with Crippen molar-refractivity contribution < 1.29 is 63.9 Å². The highest BCUT2D eigenvalue weighted by Crippen LogP contribution is 2.46. The number of ether oxygens (including phenoxy) is 4. The normalized spacial score (nSPS) is 23.3. The summed E-state index contributed by atoms with van der Waals surface area (Å²) in [5.74, 6) is -2.40. The fourth-order valence-corrected chi connectivity index (χ4v) is 4.18. The van der Waals surface area contributed by atoms with Crippen molar-refractivity contribution in [3.05, 3.63) is 29.8 Å². The quantitative estimate of drug-likeness (QED) is 0.166. The molecule has 5 atom stereocenters. The van der Waals surface area contributed by atoms with Crippen LogP contribution in [0.5, 0.6) is 34.5 Å². The zero-order valence-electron chi connectivity index (χ0n) is 20.5. The summed E-state index contributed by atoms with van der Waals surface area (Å²) in [6, 6.07) is 5.09. The molecule has 0 bridgehead atoms. The van der Waals surface area contributed by atoms with Crippen molar-refractivity contribution >= 4 is 16.8 Å². The van der Waals surface area contributed by atoms with Gasteiger partial charge >= 0.3 is 11.3 Å². The van der Waals surface area contributed by atoms with Gasteiger partial charge in [-0.3, -0.25) is 4.79 Å². The van der Waals surface area contributed by atoms with Gasteiger partial charge in [0.25, 0.3) is 0 Å². The zero-order valence-corrected chi connectivity index (χ0v) is 20.5. The van der Waals surface area contributed by atoms with Gasteiger partial charge in [0.2, 0.25) is 17.8 Å². The molecule has 1 fully saturated rings. The highest BCUT2D eigenvalue weighted by Gasteiger charge is 2.45. The van der Waals surface area contributed by atoms with Crippen LogP contribution in [0.4, 0.5) is 0 Å². The van der Waals surface area contributed by atoms with Gasteiger partial charge in [-0.25, -0.2) is 4.42 Å². The summed E-state index contributed by atoms with van der Waals surface area (Å²) in [4.78, 5) is 12.0. The molecule has 204 valence electrons. The maximum Gasteiger partial charge on any atom is 0.402 e. The Kier molecular flexibility index (Phi) is 7.49. The highest BCUT2D eigenvalue weighted by molar-refractivity contribution is 6.05. The molecular weight excluding hydrogens is 508 g/mol. The molecule has 13 nitrogen and oxygen atoms in total. The number of Topliss-reactive ketones (excluding diaryl/α,β-unsaturated/α-hetero) is 1. The molecule has 1 aromatic heterocycles. The van der Waals surface area contributed by atoms with Gasteiger partial charge in [-0.05, 0) is 6.92 Å². The van der Waals surface area contributed by atoms with E-state index in [1.807, 2.05) is 0 Å². The van der Waals surface area contributed by atoms with Gasteiger partial charge in [0.05, 0.1) is 32.5 Å². The molecule has 4 rings (SSSR count). The van der Waals surface area contributed by atoms with Crippen LogP contribution < -0.4 is 14.2 Å². The Morgan fingerprint density at radius 2 is 1.55 bits per heavy atom. The van der Waals surface area contributed by atoms with Crippen molar-refractivity contribution in [3.8, 4) is 45.8 Å². The van der Waals surface area contributed by atoms with Crippen molar-refractivity contribution in [2.24, 2.45) is 0 Å². The average Bonchev–Trinajstić information content (AvgIpc) is 2.89. The molecule has 1 aliphatic heterocycles. The van der Waals surface area contributed by atoms with Gasteiger partial charge in [0, 0.05) is 18.2 Å². The number of carbonyl (C=O) groups excluding carboxylic acids is 1. The summed E-state index contributed by atoms with van der Waals surface area (Å²) in [6.07, 6.45) is -8.06. The van der Waals surface area contributed by atoms with Crippen LogP contribution in [0.1, 0.15) is 17.3 Å². The third-order valence-electron chi connectivity index (χ3n) is 6.18. The summed E-state index contributed by atoms with van der Waals surface area (Å²) in [5.41, 5.74) is -0.244. The second-order valence-corrected chi connectivity index (χ2v) is 8.57. The van der Waals surface area contributed by atoms with E-state index in [4.69, 9.17) is 23.4 Å². The summed E-state index contributed by atoms with van der Waals surface area (Å²) < 4.78 is 27.6. The number of phenols is 3. The summed E-state index contributed by atoms with van der Waals surface area (Å²) in [6.45, 7) is 0.445. The summed E-state index contributed by atoms with van der Waals surface area (Å²) in [7, 11) is 2.61. The molecule has 13 heteroatoms. The molecule has 7 N–H and O–H groups in total. The molecule has 2 aromatic carbocycles. The number of fused-ring (bicyclic) bond motifs is 1. The lowest BCUT2D eigenvalue weighted by Crippen LogP contribution is -2.60. The van der Waals surface area contributed by atoms with Crippen molar-refractivity contribution in [1.29, 1.82) is 0 Å². The first kappa shape index (κ1) is 27.2. The fraction of sp³-hybridized carbons (Fsp3) is 0.360. The molecule has 0 unspecified atom stereocenters. The standard InChI is InChI=1S/C25H26O13/c1-9(27)18-12(28)7-13-11(19(18)29)6-16(37-25-23(33)22(32)21(31)17(8-26)38-25)24(36-13)10-4-14(34-2)20(30)15(5-10)35-3/h4-7,17,21-23,25-26,31-33H,8H2,1-3H3,(H2-,27,28,29,30)/p+1/t17-,21-,22+,23-,25+/m1/s1. The lowest BCUT2D eigenvalue weighted by atomic mass is 9.99. The molecule has 0 spiro atoms. The Morgan fingerprint density at radius 3 is 2.11 bits per heavy atom. The topological polar surface area (TPSA) is 207 Å².